The first-order chi connectivity index (χ1) is 6.86. The molecule has 5 nitrogen and oxygen atoms in total. The SMILES string of the molecule is CCC(NC(=O)NC1CC1(C)C)C(=O)O. The van der Waals surface area contributed by atoms with Crippen molar-refractivity contribution in [3.8, 4) is 0 Å². The molecule has 0 radical (unpaired) electrons. The van der Waals surface area contributed by atoms with Gasteiger partial charge in [0.2, 0.25) is 0 Å². The number of amides is 2. The molecule has 1 saturated carbocycles. The van der Waals surface area contributed by atoms with Crippen molar-refractivity contribution < 1.29 is 14.7 Å². The molecule has 0 aromatic heterocycles. The zero-order valence-electron chi connectivity index (χ0n) is 9.33. The summed E-state index contributed by atoms with van der Waals surface area (Å²) in [7, 11) is 0. The van der Waals surface area contributed by atoms with Crippen molar-refractivity contribution in [2.75, 3.05) is 0 Å². The molecule has 0 aromatic carbocycles. The molecule has 0 aliphatic heterocycles. The number of carbonyl (C=O) groups is 2. The maximum atomic E-state index is 11.4. The first-order valence-electron chi connectivity index (χ1n) is 5.16. The first kappa shape index (κ1) is 11.8. The summed E-state index contributed by atoms with van der Waals surface area (Å²) in [6.45, 7) is 5.85. The molecule has 1 rings (SSSR count). The minimum Gasteiger partial charge on any atom is -0.480 e. The zero-order valence-corrected chi connectivity index (χ0v) is 9.33. The Bertz CT molecular complexity index is 276. The van der Waals surface area contributed by atoms with Gasteiger partial charge in [-0.2, -0.15) is 0 Å². The Morgan fingerprint density at radius 2 is 2.07 bits per heavy atom. The van der Waals surface area contributed by atoms with Crippen LogP contribution < -0.4 is 10.6 Å². The van der Waals surface area contributed by atoms with E-state index in [1.165, 1.54) is 0 Å². The van der Waals surface area contributed by atoms with Crippen LogP contribution in [-0.2, 0) is 4.79 Å². The molecule has 0 aromatic rings. The van der Waals surface area contributed by atoms with Gasteiger partial charge in [0.1, 0.15) is 6.04 Å². The van der Waals surface area contributed by atoms with Gasteiger partial charge >= 0.3 is 12.0 Å². The fourth-order valence-electron chi connectivity index (χ4n) is 1.41. The summed E-state index contributed by atoms with van der Waals surface area (Å²) in [5, 5.41) is 13.9. The highest BCUT2D eigenvalue weighted by Gasteiger charge is 2.46. The van der Waals surface area contributed by atoms with Crippen molar-refractivity contribution in [1.29, 1.82) is 0 Å². The van der Waals surface area contributed by atoms with E-state index in [0.29, 0.717) is 6.42 Å². The number of carboxylic acids is 1. The monoisotopic (exact) mass is 214 g/mol. The third kappa shape index (κ3) is 3.11. The number of nitrogens with one attached hydrogen (secondary N) is 2. The molecule has 2 atom stereocenters. The number of hydrogen-bond acceptors (Lipinski definition) is 2. The number of carbonyl (C=O) groups excluding carboxylic acids is 1. The van der Waals surface area contributed by atoms with E-state index in [2.05, 4.69) is 24.5 Å². The van der Waals surface area contributed by atoms with Crippen LogP contribution in [0.3, 0.4) is 0 Å². The average molecular weight is 214 g/mol. The molecule has 0 saturated heterocycles. The van der Waals surface area contributed by atoms with E-state index in [4.69, 9.17) is 5.11 Å². The fraction of sp³-hybridized carbons (Fsp3) is 0.800. The van der Waals surface area contributed by atoms with Gasteiger partial charge in [-0.3, -0.25) is 0 Å². The summed E-state index contributed by atoms with van der Waals surface area (Å²) in [6.07, 6.45) is 1.33. The largest absolute Gasteiger partial charge is 0.480 e. The molecule has 2 amide bonds. The highest BCUT2D eigenvalue weighted by molar-refractivity contribution is 5.82. The minimum absolute atomic E-state index is 0.155. The predicted octanol–water partition coefficient (Wildman–Crippen LogP) is 0.947. The topological polar surface area (TPSA) is 78.4 Å². The molecular weight excluding hydrogens is 196 g/mol. The van der Waals surface area contributed by atoms with Crippen molar-refractivity contribution in [3.63, 3.8) is 0 Å². The number of carboxylic acid groups (broad SMARTS) is 1. The lowest BCUT2D eigenvalue weighted by molar-refractivity contribution is -0.139. The van der Waals surface area contributed by atoms with Crippen LogP contribution in [0.2, 0.25) is 0 Å². The third-order valence-corrected chi connectivity index (χ3v) is 2.83. The number of hydrogen-bond donors (Lipinski definition) is 3. The number of aliphatic carboxylic acids is 1. The highest BCUT2D eigenvalue weighted by atomic mass is 16.4. The Kier molecular flexibility index (Phi) is 3.21. The van der Waals surface area contributed by atoms with Gasteiger partial charge in [-0.05, 0) is 18.3 Å². The van der Waals surface area contributed by atoms with Crippen molar-refractivity contribution >= 4 is 12.0 Å². The predicted molar refractivity (Wildman–Crippen MR) is 55.6 cm³/mol. The van der Waals surface area contributed by atoms with Crippen LogP contribution in [0, 0.1) is 5.41 Å². The smallest absolute Gasteiger partial charge is 0.326 e. The van der Waals surface area contributed by atoms with E-state index >= 15 is 0 Å². The van der Waals surface area contributed by atoms with Crippen molar-refractivity contribution in [2.24, 2.45) is 5.41 Å². The molecular formula is C10H18N2O3. The lowest BCUT2D eigenvalue weighted by Crippen LogP contribution is -2.46. The van der Waals surface area contributed by atoms with Crippen LogP contribution in [0.5, 0.6) is 0 Å². The van der Waals surface area contributed by atoms with Gasteiger partial charge in [0.25, 0.3) is 0 Å². The van der Waals surface area contributed by atoms with Crippen molar-refractivity contribution in [1.82, 2.24) is 10.6 Å². The van der Waals surface area contributed by atoms with Gasteiger partial charge in [0.05, 0.1) is 0 Å². The molecule has 3 N–H and O–H groups in total. The van der Waals surface area contributed by atoms with Gasteiger partial charge in [0.15, 0.2) is 0 Å². The Morgan fingerprint density at radius 1 is 1.53 bits per heavy atom. The van der Waals surface area contributed by atoms with E-state index in [1.807, 2.05) is 0 Å². The van der Waals surface area contributed by atoms with Crippen molar-refractivity contribution in [2.45, 2.75) is 45.7 Å². The third-order valence-electron chi connectivity index (χ3n) is 2.83. The van der Waals surface area contributed by atoms with Crippen LogP contribution in [0.1, 0.15) is 33.6 Å². The molecule has 1 aliphatic carbocycles. The summed E-state index contributed by atoms with van der Waals surface area (Å²) in [5.41, 5.74) is 0.155. The van der Waals surface area contributed by atoms with E-state index in [-0.39, 0.29) is 17.5 Å². The van der Waals surface area contributed by atoms with Crippen LogP contribution in [0.15, 0.2) is 0 Å². The summed E-state index contributed by atoms with van der Waals surface area (Å²) < 4.78 is 0. The molecule has 5 heteroatoms. The number of rotatable bonds is 4. The molecule has 0 bridgehead atoms. The number of urea groups is 1. The lowest BCUT2D eigenvalue weighted by atomic mass is 10.2. The van der Waals surface area contributed by atoms with E-state index in [0.717, 1.165) is 6.42 Å². The molecule has 15 heavy (non-hydrogen) atoms. The van der Waals surface area contributed by atoms with E-state index in [9.17, 15) is 9.59 Å². The fourth-order valence-corrected chi connectivity index (χ4v) is 1.41. The Morgan fingerprint density at radius 3 is 2.40 bits per heavy atom. The molecule has 1 aliphatic rings. The quantitative estimate of drug-likeness (QED) is 0.652. The minimum atomic E-state index is -0.997. The second-order valence-electron chi connectivity index (χ2n) is 4.66. The normalized spacial score (nSPS) is 24.1. The van der Waals surface area contributed by atoms with E-state index in [1.54, 1.807) is 6.92 Å². The highest BCUT2D eigenvalue weighted by Crippen LogP contribution is 2.44. The maximum Gasteiger partial charge on any atom is 0.326 e. The van der Waals surface area contributed by atoms with Gasteiger partial charge < -0.3 is 15.7 Å². The van der Waals surface area contributed by atoms with E-state index < -0.39 is 12.0 Å². The molecule has 0 spiro atoms. The molecule has 86 valence electrons. The van der Waals surface area contributed by atoms with Gasteiger partial charge in [-0.1, -0.05) is 20.8 Å². The maximum absolute atomic E-state index is 11.4. The molecule has 2 unspecified atom stereocenters. The Labute approximate surface area is 89.2 Å². The summed E-state index contributed by atoms with van der Waals surface area (Å²) in [4.78, 5) is 22.0. The second kappa shape index (κ2) is 4.08. The summed E-state index contributed by atoms with van der Waals surface area (Å²) in [6, 6.07) is -1.02. The van der Waals surface area contributed by atoms with Crippen LogP contribution in [0.4, 0.5) is 4.79 Å². The van der Waals surface area contributed by atoms with Crippen LogP contribution >= 0.6 is 0 Å². The second-order valence-corrected chi connectivity index (χ2v) is 4.66. The Hall–Kier alpha value is -1.26. The van der Waals surface area contributed by atoms with Crippen LogP contribution in [0.25, 0.3) is 0 Å². The van der Waals surface area contributed by atoms with Crippen LogP contribution in [-0.4, -0.2) is 29.2 Å². The van der Waals surface area contributed by atoms with Gasteiger partial charge in [0, 0.05) is 6.04 Å². The lowest BCUT2D eigenvalue weighted by Gasteiger charge is -2.13. The molecule has 1 fully saturated rings. The van der Waals surface area contributed by atoms with Crippen molar-refractivity contribution in [3.05, 3.63) is 0 Å². The zero-order chi connectivity index (χ0) is 11.6. The Balaban J connectivity index is 2.33. The summed E-state index contributed by atoms with van der Waals surface area (Å²) >= 11 is 0. The molecule has 0 heterocycles. The van der Waals surface area contributed by atoms with Gasteiger partial charge in [-0.15, -0.1) is 0 Å². The van der Waals surface area contributed by atoms with Gasteiger partial charge in [-0.25, -0.2) is 9.59 Å². The standard InChI is InChI=1S/C10H18N2O3/c1-4-6(8(13)14)11-9(15)12-7-5-10(7,2)3/h6-7H,4-5H2,1-3H3,(H,13,14)(H2,11,12,15). The average Bonchev–Trinajstić information content (AvgIpc) is 2.69. The summed E-state index contributed by atoms with van der Waals surface area (Å²) in [5.74, 6) is -0.997. The first-order valence-corrected chi connectivity index (χ1v) is 5.16.